The molecule has 130 valence electrons. The summed E-state index contributed by atoms with van der Waals surface area (Å²) in [6, 6.07) is 4.41. The SMILES string of the molecule is CCOc1ncccc1CN=C(N)NCC1CCCN1CC.I. The van der Waals surface area contributed by atoms with Crippen molar-refractivity contribution in [3.8, 4) is 5.88 Å². The first-order valence-corrected chi connectivity index (χ1v) is 8.09. The highest BCUT2D eigenvalue weighted by molar-refractivity contribution is 14.0. The van der Waals surface area contributed by atoms with Gasteiger partial charge in [-0.1, -0.05) is 13.0 Å². The average molecular weight is 433 g/mol. The van der Waals surface area contributed by atoms with E-state index in [1.165, 1.54) is 19.4 Å². The van der Waals surface area contributed by atoms with E-state index in [0.717, 1.165) is 18.7 Å². The lowest BCUT2D eigenvalue weighted by Gasteiger charge is -2.23. The fraction of sp³-hybridized carbons (Fsp3) is 0.625. The quantitative estimate of drug-likeness (QED) is 0.391. The van der Waals surface area contributed by atoms with Gasteiger partial charge in [0.1, 0.15) is 0 Å². The van der Waals surface area contributed by atoms with Crippen molar-refractivity contribution in [2.75, 3.05) is 26.2 Å². The normalized spacial score (nSPS) is 18.5. The van der Waals surface area contributed by atoms with Crippen molar-refractivity contribution in [1.82, 2.24) is 15.2 Å². The van der Waals surface area contributed by atoms with E-state index in [9.17, 15) is 0 Å². The molecule has 1 aromatic rings. The van der Waals surface area contributed by atoms with Gasteiger partial charge in [-0.05, 0) is 38.9 Å². The molecule has 7 heteroatoms. The van der Waals surface area contributed by atoms with Gasteiger partial charge in [-0.3, -0.25) is 4.90 Å². The van der Waals surface area contributed by atoms with E-state index in [1.807, 2.05) is 19.1 Å². The topological polar surface area (TPSA) is 75.8 Å². The molecule has 1 atom stereocenters. The highest BCUT2D eigenvalue weighted by atomic mass is 127. The first-order valence-electron chi connectivity index (χ1n) is 8.09. The molecule has 0 bridgehead atoms. The maximum atomic E-state index is 5.97. The molecular weight excluding hydrogens is 405 g/mol. The summed E-state index contributed by atoms with van der Waals surface area (Å²) in [5.74, 6) is 1.11. The molecule has 0 amide bonds. The number of rotatable bonds is 7. The third-order valence-corrected chi connectivity index (χ3v) is 3.97. The molecule has 0 saturated carbocycles. The number of aliphatic imine (C=N–C) groups is 1. The predicted molar refractivity (Wildman–Crippen MR) is 104 cm³/mol. The van der Waals surface area contributed by atoms with Gasteiger partial charge in [-0.25, -0.2) is 9.98 Å². The number of pyridine rings is 1. The van der Waals surface area contributed by atoms with Crippen LogP contribution in [0.15, 0.2) is 23.3 Å². The molecule has 23 heavy (non-hydrogen) atoms. The molecule has 1 aliphatic rings. The first-order chi connectivity index (χ1) is 10.7. The molecule has 1 aromatic heterocycles. The summed E-state index contributed by atoms with van der Waals surface area (Å²) in [5.41, 5.74) is 6.92. The van der Waals surface area contributed by atoms with Gasteiger partial charge < -0.3 is 15.8 Å². The Labute approximate surface area is 155 Å². The Kier molecular flexibility index (Phi) is 9.23. The van der Waals surface area contributed by atoms with Crippen LogP contribution in [0, 0.1) is 0 Å². The van der Waals surface area contributed by atoms with Crippen LogP contribution in [0.25, 0.3) is 0 Å². The molecule has 6 nitrogen and oxygen atoms in total. The van der Waals surface area contributed by atoms with Crippen molar-refractivity contribution in [3.63, 3.8) is 0 Å². The third-order valence-electron chi connectivity index (χ3n) is 3.97. The molecule has 0 spiro atoms. The molecule has 0 radical (unpaired) electrons. The van der Waals surface area contributed by atoms with Gasteiger partial charge in [-0.15, -0.1) is 24.0 Å². The number of aromatic nitrogens is 1. The van der Waals surface area contributed by atoms with Crippen molar-refractivity contribution in [3.05, 3.63) is 23.9 Å². The van der Waals surface area contributed by atoms with Crippen molar-refractivity contribution >= 4 is 29.9 Å². The molecule has 2 rings (SSSR count). The van der Waals surface area contributed by atoms with Crippen molar-refractivity contribution in [2.24, 2.45) is 10.7 Å². The summed E-state index contributed by atoms with van der Waals surface area (Å²) >= 11 is 0. The van der Waals surface area contributed by atoms with Gasteiger partial charge in [0.2, 0.25) is 5.88 Å². The van der Waals surface area contributed by atoms with Gasteiger partial charge in [0.15, 0.2) is 5.96 Å². The second-order valence-electron chi connectivity index (χ2n) is 5.41. The smallest absolute Gasteiger partial charge is 0.218 e. The predicted octanol–water partition coefficient (Wildman–Crippen LogP) is 1.99. The Bertz CT molecular complexity index is 497. The summed E-state index contributed by atoms with van der Waals surface area (Å²) in [7, 11) is 0. The Morgan fingerprint density at radius 1 is 1.52 bits per heavy atom. The largest absolute Gasteiger partial charge is 0.478 e. The Hall–Kier alpha value is -1.09. The monoisotopic (exact) mass is 433 g/mol. The summed E-state index contributed by atoms with van der Waals surface area (Å²) < 4.78 is 5.49. The average Bonchev–Trinajstić information content (AvgIpc) is 3.00. The maximum absolute atomic E-state index is 5.97. The standard InChI is InChI=1S/C16H27N5O.HI/c1-3-21-10-6-8-14(21)12-20-16(17)19-11-13-7-5-9-18-15(13)22-4-2;/h5,7,9,14H,3-4,6,8,10-12H2,1-2H3,(H3,17,19,20);1H. The molecule has 0 aliphatic carbocycles. The van der Waals surface area contributed by atoms with Crippen LogP contribution >= 0.6 is 24.0 Å². The van der Waals surface area contributed by atoms with Crippen LogP contribution in [0.1, 0.15) is 32.3 Å². The number of nitrogens with zero attached hydrogens (tertiary/aromatic N) is 3. The first kappa shape index (κ1) is 20.0. The maximum Gasteiger partial charge on any atom is 0.218 e. The number of ether oxygens (including phenoxy) is 1. The molecular formula is C16H28IN5O. The van der Waals surface area contributed by atoms with Crippen molar-refractivity contribution in [1.29, 1.82) is 0 Å². The minimum absolute atomic E-state index is 0. The zero-order valence-corrected chi connectivity index (χ0v) is 16.3. The molecule has 1 fully saturated rings. The van der Waals surface area contributed by atoms with E-state index in [-0.39, 0.29) is 24.0 Å². The lowest BCUT2D eigenvalue weighted by atomic mass is 10.2. The number of nitrogens with two attached hydrogens (primary N) is 1. The van der Waals surface area contributed by atoms with E-state index in [0.29, 0.717) is 31.0 Å². The number of likely N-dealkylation sites (tertiary alicyclic amines) is 1. The number of nitrogens with one attached hydrogen (secondary N) is 1. The second-order valence-corrected chi connectivity index (χ2v) is 5.41. The lowest BCUT2D eigenvalue weighted by molar-refractivity contribution is 0.267. The van der Waals surface area contributed by atoms with E-state index < -0.39 is 0 Å². The summed E-state index contributed by atoms with van der Waals surface area (Å²) in [6.45, 7) is 8.35. The van der Waals surface area contributed by atoms with E-state index >= 15 is 0 Å². The van der Waals surface area contributed by atoms with Crippen LogP contribution in [0.4, 0.5) is 0 Å². The molecule has 1 unspecified atom stereocenters. The summed E-state index contributed by atoms with van der Waals surface area (Å²) in [6.07, 6.45) is 4.22. The van der Waals surface area contributed by atoms with Gasteiger partial charge >= 0.3 is 0 Å². The zero-order chi connectivity index (χ0) is 15.8. The third kappa shape index (κ3) is 6.14. The van der Waals surface area contributed by atoms with Crippen LogP contribution in [0.2, 0.25) is 0 Å². The van der Waals surface area contributed by atoms with Crippen LogP contribution < -0.4 is 15.8 Å². The van der Waals surface area contributed by atoms with Crippen LogP contribution in [0.5, 0.6) is 5.88 Å². The van der Waals surface area contributed by atoms with Crippen LogP contribution in [-0.2, 0) is 6.54 Å². The van der Waals surface area contributed by atoms with Crippen LogP contribution in [-0.4, -0.2) is 48.1 Å². The van der Waals surface area contributed by atoms with Crippen molar-refractivity contribution in [2.45, 2.75) is 39.3 Å². The fourth-order valence-electron chi connectivity index (χ4n) is 2.80. The lowest BCUT2D eigenvalue weighted by Crippen LogP contribution is -2.42. The van der Waals surface area contributed by atoms with Crippen LogP contribution in [0.3, 0.4) is 0 Å². The van der Waals surface area contributed by atoms with E-state index in [2.05, 4.69) is 27.1 Å². The Balaban J connectivity index is 0.00000264. The molecule has 1 saturated heterocycles. The van der Waals surface area contributed by atoms with Gasteiger partial charge in [0.05, 0.1) is 13.2 Å². The number of guanidine groups is 1. The van der Waals surface area contributed by atoms with Crippen molar-refractivity contribution < 1.29 is 4.74 Å². The molecule has 1 aliphatic heterocycles. The molecule has 2 heterocycles. The second kappa shape index (κ2) is 10.6. The number of hydrogen-bond acceptors (Lipinski definition) is 4. The van der Waals surface area contributed by atoms with E-state index in [1.54, 1.807) is 6.20 Å². The van der Waals surface area contributed by atoms with Gasteiger partial charge in [0, 0.05) is 24.3 Å². The van der Waals surface area contributed by atoms with Gasteiger partial charge in [0.25, 0.3) is 0 Å². The summed E-state index contributed by atoms with van der Waals surface area (Å²) in [5, 5.41) is 3.24. The summed E-state index contributed by atoms with van der Waals surface area (Å²) in [4.78, 5) is 11.1. The minimum atomic E-state index is 0. The Morgan fingerprint density at radius 3 is 3.09 bits per heavy atom. The zero-order valence-electron chi connectivity index (χ0n) is 14.0. The number of likely N-dealkylation sites (N-methyl/N-ethyl adjacent to an activating group) is 1. The highest BCUT2D eigenvalue weighted by Gasteiger charge is 2.22. The van der Waals surface area contributed by atoms with Gasteiger partial charge in [-0.2, -0.15) is 0 Å². The Morgan fingerprint density at radius 2 is 2.35 bits per heavy atom. The highest BCUT2D eigenvalue weighted by Crippen LogP contribution is 2.16. The number of halogens is 1. The van der Waals surface area contributed by atoms with E-state index in [4.69, 9.17) is 10.5 Å². The fourth-order valence-corrected chi connectivity index (χ4v) is 2.80. The minimum Gasteiger partial charge on any atom is -0.478 e. The molecule has 3 N–H and O–H groups in total. The molecule has 0 aromatic carbocycles. The number of hydrogen-bond donors (Lipinski definition) is 2.